The fourth-order valence-electron chi connectivity index (χ4n) is 3.75. The maximum Gasteiger partial charge on any atom is 0.191 e. The summed E-state index contributed by atoms with van der Waals surface area (Å²) in [6, 6.07) is 12.3. The van der Waals surface area contributed by atoms with Crippen LogP contribution in [0.15, 0.2) is 52.1 Å². The van der Waals surface area contributed by atoms with Crippen molar-refractivity contribution in [1.82, 2.24) is 25.4 Å². The summed E-state index contributed by atoms with van der Waals surface area (Å²) in [5, 5.41) is 11.6. The van der Waals surface area contributed by atoms with E-state index >= 15 is 0 Å². The van der Waals surface area contributed by atoms with Gasteiger partial charge in [-0.05, 0) is 49.6 Å². The number of furan rings is 1. The number of nitrogens with one attached hydrogen (secondary N) is 2. The monoisotopic (exact) mass is 550 g/mol. The number of aromatic nitrogens is 3. The average Bonchev–Trinajstić information content (AvgIpc) is 3.42. The van der Waals surface area contributed by atoms with Crippen LogP contribution < -0.4 is 15.4 Å². The second-order valence-corrected chi connectivity index (χ2v) is 7.72. The Labute approximate surface area is 205 Å². The molecule has 2 N–H and O–H groups in total. The van der Waals surface area contributed by atoms with Crippen LogP contribution in [-0.2, 0) is 25.8 Å². The molecule has 32 heavy (non-hydrogen) atoms. The SMILES string of the molecule is COc1ccc(CCNC(=NCCc2ccco2)NC2CCc3nc(C)nn3C2)cc1.I. The summed E-state index contributed by atoms with van der Waals surface area (Å²) in [7, 11) is 1.68. The minimum absolute atomic E-state index is 0. The first-order valence-electron chi connectivity index (χ1n) is 10.8. The van der Waals surface area contributed by atoms with Gasteiger partial charge in [-0.25, -0.2) is 9.67 Å². The van der Waals surface area contributed by atoms with E-state index in [-0.39, 0.29) is 30.0 Å². The lowest BCUT2D eigenvalue weighted by atomic mass is 10.1. The van der Waals surface area contributed by atoms with E-state index in [1.807, 2.05) is 35.9 Å². The molecule has 1 aliphatic heterocycles. The van der Waals surface area contributed by atoms with Crippen molar-refractivity contribution in [1.29, 1.82) is 0 Å². The number of hydrogen-bond donors (Lipinski definition) is 2. The smallest absolute Gasteiger partial charge is 0.191 e. The number of fused-ring (bicyclic) bond motifs is 1. The van der Waals surface area contributed by atoms with Crippen molar-refractivity contribution < 1.29 is 9.15 Å². The molecule has 8 nitrogen and oxygen atoms in total. The highest BCUT2D eigenvalue weighted by molar-refractivity contribution is 14.0. The molecule has 4 rings (SSSR count). The lowest BCUT2D eigenvalue weighted by Gasteiger charge is -2.25. The van der Waals surface area contributed by atoms with Crippen molar-refractivity contribution in [2.45, 2.75) is 45.2 Å². The van der Waals surface area contributed by atoms with E-state index in [0.29, 0.717) is 6.54 Å². The van der Waals surface area contributed by atoms with Gasteiger partial charge in [-0.1, -0.05) is 12.1 Å². The van der Waals surface area contributed by atoms with Gasteiger partial charge in [0, 0.05) is 32.0 Å². The highest BCUT2D eigenvalue weighted by atomic mass is 127. The number of aryl methyl sites for hydroxylation is 2. The molecule has 0 bridgehead atoms. The molecule has 1 aliphatic rings. The van der Waals surface area contributed by atoms with Crippen molar-refractivity contribution in [2.75, 3.05) is 20.2 Å². The summed E-state index contributed by atoms with van der Waals surface area (Å²) >= 11 is 0. The van der Waals surface area contributed by atoms with E-state index < -0.39 is 0 Å². The van der Waals surface area contributed by atoms with Crippen molar-refractivity contribution in [3.8, 4) is 5.75 Å². The standard InChI is InChI=1S/C23H30N6O2.HI/c1-17-26-22-10-7-19(16-29(22)28-17)27-23(25-14-12-21-4-3-15-31-21)24-13-11-18-5-8-20(30-2)9-6-18;/h3-6,8-9,15,19H,7,10-14,16H2,1-2H3,(H2,24,25,27);1H. The molecule has 0 radical (unpaired) electrons. The first-order valence-corrected chi connectivity index (χ1v) is 10.8. The molecule has 0 saturated heterocycles. The fraction of sp³-hybridized carbons (Fsp3) is 0.435. The Morgan fingerprint density at radius 2 is 2.09 bits per heavy atom. The number of nitrogens with zero attached hydrogens (tertiary/aromatic N) is 4. The van der Waals surface area contributed by atoms with E-state index in [9.17, 15) is 0 Å². The topological polar surface area (TPSA) is 89.5 Å². The third-order valence-electron chi connectivity index (χ3n) is 5.38. The van der Waals surface area contributed by atoms with Crippen LogP contribution in [0.5, 0.6) is 5.75 Å². The maximum atomic E-state index is 5.43. The van der Waals surface area contributed by atoms with Crippen LogP contribution in [0, 0.1) is 6.92 Å². The van der Waals surface area contributed by atoms with Crippen LogP contribution in [-0.4, -0.2) is 47.0 Å². The minimum Gasteiger partial charge on any atom is -0.497 e. The van der Waals surface area contributed by atoms with Gasteiger partial charge in [0.1, 0.15) is 23.2 Å². The zero-order valence-electron chi connectivity index (χ0n) is 18.6. The Morgan fingerprint density at radius 1 is 1.25 bits per heavy atom. The molecule has 0 saturated carbocycles. The molecule has 0 amide bonds. The van der Waals surface area contributed by atoms with Crippen molar-refractivity contribution >= 4 is 29.9 Å². The quantitative estimate of drug-likeness (QED) is 0.255. The lowest BCUT2D eigenvalue weighted by Crippen LogP contribution is -2.47. The highest BCUT2D eigenvalue weighted by Crippen LogP contribution is 2.13. The third kappa shape index (κ3) is 6.72. The van der Waals surface area contributed by atoms with Crippen molar-refractivity contribution in [3.63, 3.8) is 0 Å². The second-order valence-electron chi connectivity index (χ2n) is 7.72. The van der Waals surface area contributed by atoms with Gasteiger partial charge in [0.25, 0.3) is 0 Å². The molecule has 0 aliphatic carbocycles. The number of guanidine groups is 1. The van der Waals surface area contributed by atoms with Gasteiger partial charge in [0.05, 0.1) is 19.9 Å². The Morgan fingerprint density at radius 3 is 2.84 bits per heavy atom. The Bertz CT molecular complexity index is 985. The lowest BCUT2D eigenvalue weighted by molar-refractivity contribution is 0.392. The molecule has 172 valence electrons. The molecule has 1 unspecified atom stereocenters. The first-order chi connectivity index (χ1) is 15.2. The summed E-state index contributed by atoms with van der Waals surface area (Å²) in [5.41, 5.74) is 1.25. The van der Waals surface area contributed by atoms with Crippen LogP contribution >= 0.6 is 24.0 Å². The number of methoxy groups -OCH3 is 1. The number of aliphatic imine (C=N–C) groups is 1. The third-order valence-corrected chi connectivity index (χ3v) is 5.38. The van der Waals surface area contributed by atoms with E-state index in [1.165, 1.54) is 5.56 Å². The predicted molar refractivity (Wildman–Crippen MR) is 135 cm³/mol. The van der Waals surface area contributed by atoms with E-state index in [2.05, 4.69) is 32.8 Å². The molecule has 1 aromatic carbocycles. The molecule has 0 spiro atoms. The zero-order valence-corrected chi connectivity index (χ0v) is 20.9. The van der Waals surface area contributed by atoms with Gasteiger partial charge in [-0.15, -0.1) is 24.0 Å². The highest BCUT2D eigenvalue weighted by Gasteiger charge is 2.21. The minimum atomic E-state index is 0. The van der Waals surface area contributed by atoms with Gasteiger partial charge in [-0.2, -0.15) is 5.10 Å². The average molecular weight is 550 g/mol. The molecular weight excluding hydrogens is 519 g/mol. The van der Waals surface area contributed by atoms with Gasteiger partial charge in [0.15, 0.2) is 5.96 Å². The van der Waals surface area contributed by atoms with E-state index in [0.717, 1.165) is 67.9 Å². The molecule has 2 aromatic heterocycles. The van der Waals surface area contributed by atoms with Gasteiger partial charge in [-0.3, -0.25) is 4.99 Å². The van der Waals surface area contributed by atoms with Crippen LogP contribution in [0.2, 0.25) is 0 Å². The zero-order chi connectivity index (χ0) is 21.5. The molecule has 3 heterocycles. The van der Waals surface area contributed by atoms with E-state index in [1.54, 1.807) is 13.4 Å². The number of benzene rings is 1. The number of halogens is 1. The van der Waals surface area contributed by atoms with Crippen LogP contribution in [0.1, 0.15) is 29.4 Å². The Balaban J connectivity index is 0.00000289. The number of hydrogen-bond acceptors (Lipinski definition) is 5. The fourth-order valence-corrected chi connectivity index (χ4v) is 3.75. The largest absolute Gasteiger partial charge is 0.497 e. The normalized spacial score (nSPS) is 15.6. The molecule has 1 atom stereocenters. The van der Waals surface area contributed by atoms with Crippen LogP contribution in [0.3, 0.4) is 0 Å². The summed E-state index contributed by atoms with van der Waals surface area (Å²) in [5.74, 6) is 4.55. The summed E-state index contributed by atoms with van der Waals surface area (Å²) < 4.78 is 12.7. The Hall–Kier alpha value is -2.56. The molecule has 0 fully saturated rings. The predicted octanol–water partition coefficient (Wildman–Crippen LogP) is 3.14. The van der Waals surface area contributed by atoms with Gasteiger partial charge in [0.2, 0.25) is 0 Å². The van der Waals surface area contributed by atoms with Gasteiger partial charge < -0.3 is 19.8 Å². The summed E-state index contributed by atoms with van der Waals surface area (Å²) in [6.45, 7) is 4.19. The number of ether oxygens (including phenoxy) is 1. The number of rotatable bonds is 8. The molecule has 3 aromatic rings. The van der Waals surface area contributed by atoms with Crippen LogP contribution in [0.4, 0.5) is 0 Å². The van der Waals surface area contributed by atoms with Crippen LogP contribution in [0.25, 0.3) is 0 Å². The maximum absolute atomic E-state index is 5.43. The second kappa shape index (κ2) is 11.9. The summed E-state index contributed by atoms with van der Waals surface area (Å²) in [6.07, 6.45) is 5.31. The first kappa shape index (κ1) is 24.1. The molecule has 9 heteroatoms. The Kier molecular flexibility index (Phi) is 8.95. The molecular formula is C23H31IN6O2. The van der Waals surface area contributed by atoms with E-state index in [4.69, 9.17) is 14.1 Å². The van der Waals surface area contributed by atoms with Crippen molar-refractivity contribution in [3.05, 3.63) is 65.6 Å². The van der Waals surface area contributed by atoms with Crippen molar-refractivity contribution in [2.24, 2.45) is 4.99 Å². The van der Waals surface area contributed by atoms with Gasteiger partial charge >= 0.3 is 0 Å². The summed E-state index contributed by atoms with van der Waals surface area (Å²) in [4.78, 5) is 9.28.